The number of nitrogens with one attached hydrogen (secondary N) is 2. The highest BCUT2D eigenvalue weighted by atomic mass is 16.2. The van der Waals surface area contributed by atoms with E-state index in [1.807, 2.05) is 18.2 Å². The van der Waals surface area contributed by atoms with Crippen molar-refractivity contribution in [2.24, 2.45) is 0 Å². The lowest BCUT2D eigenvalue weighted by atomic mass is 10.00. The van der Waals surface area contributed by atoms with E-state index in [1.54, 1.807) is 0 Å². The Kier molecular flexibility index (Phi) is 5.40. The van der Waals surface area contributed by atoms with Gasteiger partial charge in [0.25, 0.3) is 0 Å². The van der Waals surface area contributed by atoms with Crippen LogP contribution in [-0.4, -0.2) is 18.5 Å². The molecular formula is C16H24N2O. The molecule has 3 heteroatoms. The van der Waals surface area contributed by atoms with Crippen molar-refractivity contribution in [1.82, 2.24) is 10.6 Å². The minimum Gasteiger partial charge on any atom is -0.348 e. The predicted octanol–water partition coefficient (Wildman–Crippen LogP) is 2.79. The zero-order valence-corrected chi connectivity index (χ0v) is 11.7. The van der Waals surface area contributed by atoms with Gasteiger partial charge in [0.05, 0.1) is 12.1 Å². The third kappa shape index (κ3) is 4.06. The van der Waals surface area contributed by atoms with E-state index < -0.39 is 0 Å². The monoisotopic (exact) mass is 260 g/mol. The molecule has 3 nitrogen and oxygen atoms in total. The first-order valence-corrected chi connectivity index (χ1v) is 7.40. The van der Waals surface area contributed by atoms with E-state index in [4.69, 9.17) is 0 Å². The van der Waals surface area contributed by atoms with Crippen LogP contribution >= 0.6 is 0 Å². The maximum absolute atomic E-state index is 12.3. The van der Waals surface area contributed by atoms with Crippen molar-refractivity contribution in [2.45, 2.75) is 51.1 Å². The van der Waals surface area contributed by atoms with Gasteiger partial charge >= 0.3 is 0 Å². The Morgan fingerprint density at radius 1 is 1.37 bits per heavy atom. The van der Waals surface area contributed by atoms with E-state index >= 15 is 0 Å². The molecule has 1 unspecified atom stereocenters. The molecule has 104 valence electrons. The van der Waals surface area contributed by atoms with Gasteiger partial charge in [-0.25, -0.2) is 0 Å². The van der Waals surface area contributed by atoms with Crippen molar-refractivity contribution in [3.05, 3.63) is 35.9 Å². The zero-order valence-electron chi connectivity index (χ0n) is 11.7. The van der Waals surface area contributed by atoms with Gasteiger partial charge < -0.3 is 10.6 Å². The number of amides is 1. The third-order valence-electron chi connectivity index (χ3n) is 3.72. The number of carbonyl (C=O) groups excluding carboxylic acids is 1. The molecule has 1 saturated heterocycles. The topological polar surface area (TPSA) is 41.1 Å². The number of rotatable bonds is 5. The van der Waals surface area contributed by atoms with Gasteiger partial charge in [-0.2, -0.15) is 0 Å². The largest absolute Gasteiger partial charge is 0.348 e. The van der Waals surface area contributed by atoms with Crippen LogP contribution in [0.3, 0.4) is 0 Å². The van der Waals surface area contributed by atoms with E-state index in [9.17, 15) is 4.79 Å². The van der Waals surface area contributed by atoms with Gasteiger partial charge in [-0.3, -0.25) is 4.79 Å². The van der Waals surface area contributed by atoms with Crippen LogP contribution in [0.5, 0.6) is 0 Å². The van der Waals surface area contributed by atoms with Crippen LogP contribution < -0.4 is 10.6 Å². The first-order chi connectivity index (χ1) is 9.31. The Morgan fingerprint density at radius 3 is 2.79 bits per heavy atom. The van der Waals surface area contributed by atoms with Gasteiger partial charge in [0.2, 0.25) is 5.91 Å². The SMILES string of the molecule is CCCC(NC(=O)[C@@H]1CCCCN1)c1ccccc1. The van der Waals surface area contributed by atoms with Crippen LogP contribution in [0.1, 0.15) is 50.6 Å². The summed E-state index contributed by atoms with van der Waals surface area (Å²) in [6.07, 6.45) is 5.34. The second-order valence-electron chi connectivity index (χ2n) is 5.26. The fraction of sp³-hybridized carbons (Fsp3) is 0.562. The molecule has 1 aliphatic heterocycles. The Bertz CT molecular complexity index is 385. The lowest BCUT2D eigenvalue weighted by molar-refractivity contribution is -0.124. The first kappa shape index (κ1) is 14.1. The van der Waals surface area contributed by atoms with Gasteiger partial charge in [0, 0.05) is 0 Å². The summed E-state index contributed by atoms with van der Waals surface area (Å²) in [5, 5.41) is 6.51. The van der Waals surface area contributed by atoms with E-state index in [1.165, 1.54) is 12.0 Å². The standard InChI is InChI=1S/C16H24N2O/c1-2-8-14(13-9-4-3-5-10-13)18-16(19)15-11-6-7-12-17-15/h3-5,9-10,14-15,17H,2,6-8,11-12H2,1H3,(H,18,19)/t14?,15-/m0/s1. The second-order valence-corrected chi connectivity index (χ2v) is 5.26. The predicted molar refractivity (Wildman–Crippen MR) is 77.9 cm³/mol. The number of piperidine rings is 1. The number of carbonyl (C=O) groups is 1. The molecule has 0 radical (unpaired) electrons. The first-order valence-electron chi connectivity index (χ1n) is 7.40. The number of hydrogen-bond acceptors (Lipinski definition) is 2. The molecule has 1 aliphatic rings. The smallest absolute Gasteiger partial charge is 0.237 e. The van der Waals surface area contributed by atoms with Gasteiger partial charge in [-0.05, 0) is 31.4 Å². The highest BCUT2D eigenvalue weighted by Crippen LogP contribution is 2.19. The quantitative estimate of drug-likeness (QED) is 0.854. The highest BCUT2D eigenvalue weighted by molar-refractivity contribution is 5.82. The summed E-state index contributed by atoms with van der Waals surface area (Å²) in [5.41, 5.74) is 1.20. The van der Waals surface area contributed by atoms with Crippen LogP contribution in [0, 0.1) is 0 Å². The Morgan fingerprint density at radius 2 is 2.16 bits per heavy atom. The lowest BCUT2D eigenvalue weighted by Gasteiger charge is -2.26. The molecule has 1 amide bonds. The lowest BCUT2D eigenvalue weighted by Crippen LogP contribution is -2.47. The Labute approximate surface area is 115 Å². The van der Waals surface area contributed by atoms with Crippen LogP contribution in [0.4, 0.5) is 0 Å². The Hall–Kier alpha value is -1.35. The van der Waals surface area contributed by atoms with Crippen LogP contribution in [0.15, 0.2) is 30.3 Å². The summed E-state index contributed by atoms with van der Waals surface area (Å²) in [6, 6.07) is 10.4. The molecule has 0 spiro atoms. The van der Waals surface area contributed by atoms with Gasteiger partial charge in [0.1, 0.15) is 0 Å². The van der Waals surface area contributed by atoms with Crippen molar-refractivity contribution in [2.75, 3.05) is 6.54 Å². The van der Waals surface area contributed by atoms with Crippen molar-refractivity contribution in [1.29, 1.82) is 0 Å². The number of hydrogen-bond donors (Lipinski definition) is 2. The minimum atomic E-state index is -0.00295. The summed E-state index contributed by atoms with van der Waals surface area (Å²) >= 11 is 0. The maximum Gasteiger partial charge on any atom is 0.237 e. The normalized spacial score (nSPS) is 20.8. The molecule has 0 bridgehead atoms. The summed E-state index contributed by atoms with van der Waals surface area (Å²) < 4.78 is 0. The van der Waals surface area contributed by atoms with Crippen molar-refractivity contribution >= 4 is 5.91 Å². The van der Waals surface area contributed by atoms with Crippen LogP contribution in [-0.2, 0) is 4.79 Å². The Balaban J connectivity index is 1.98. The van der Waals surface area contributed by atoms with Gasteiger partial charge in [-0.1, -0.05) is 50.1 Å². The highest BCUT2D eigenvalue weighted by Gasteiger charge is 2.23. The minimum absolute atomic E-state index is 0.00295. The van der Waals surface area contributed by atoms with E-state index in [0.29, 0.717) is 0 Å². The number of benzene rings is 1. The molecule has 1 aromatic rings. The average Bonchev–Trinajstić information content (AvgIpc) is 2.48. The maximum atomic E-state index is 12.3. The fourth-order valence-electron chi connectivity index (χ4n) is 2.64. The molecule has 2 atom stereocenters. The van der Waals surface area contributed by atoms with Gasteiger partial charge in [-0.15, -0.1) is 0 Å². The summed E-state index contributed by atoms with van der Waals surface area (Å²) in [5.74, 6) is 0.155. The summed E-state index contributed by atoms with van der Waals surface area (Å²) in [4.78, 5) is 12.3. The van der Waals surface area contributed by atoms with Crippen LogP contribution in [0.25, 0.3) is 0 Å². The van der Waals surface area contributed by atoms with E-state index in [-0.39, 0.29) is 18.0 Å². The summed E-state index contributed by atoms with van der Waals surface area (Å²) in [7, 11) is 0. The third-order valence-corrected chi connectivity index (χ3v) is 3.72. The van der Waals surface area contributed by atoms with Crippen molar-refractivity contribution in [3.63, 3.8) is 0 Å². The molecular weight excluding hydrogens is 236 g/mol. The zero-order chi connectivity index (χ0) is 13.5. The molecule has 2 rings (SSSR count). The van der Waals surface area contributed by atoms with Crippen LogP contribution in [0.2, 0.25) is 0 Å². The van der Waals surface area contributed by atoms with Gasteiger partial charge in [0.15, 0.2) is 0 Å². The molecule has 2 N–H and O–H groups in total. The van der Waals surface area contributed by atoms with E-state index in [2.05, 4.69) is 29.7 Å². The summed E-state index contributed by atoms with van der Waals surface area (Å²) in [6.45, 7) is 3.11. The average molecular weight is 260 g/mol. The molecule has 0 aromatic heterocycles. The molecule has 0 aliphatic carbocycles. The fourth-order valence-corrected chi connectivity index (χ4v) is 2.64. The molecule has 1 aromatic carbocycles. The molecule has 1 heterocycles. The van der Waals surface area contributed by atoms with Crippen molar-refractivity contribution in [3.8, 4) is 0 Å². The van der Waals surface area contributed by atoms with Crippen molar-refractivity contribution < 1.29 is 4.79 Å². The molecule has 0 saturated carbocycles. The molecule has 19 heavy (non-hydrogen) atoms. The van der Waals surface area contributed by atoms with E-state index in [0.717, 1.165) is 32.2 Å². The second kappa shape index (κ2) is 7.29. The molecule has 1 fully saturated rings.